The molecule has 3 atom stereocenters. The van der Waals surface area contributed by atoms with Crippen molar-refractivity contribution < 1.29 is 9.18 Å². The van der Waals surface area contributed by atoms with E-state index in [4.69, 9.17) is 0 Å². The highest BCUT2D eigenvalue weighted by Crippen LogP contribution is 2.48. The van der Waals surface area contributed by atoms with Crippen molar-refractivity contribution in [2.24, 2.45) is 5.92 Å². The first-order valence-corrected chi connectivity index (χ1v) is 7.95. The van der Waals surface area contributed by atoms with Crippen molar-refractivity contribution >= 4 is 5.91 Å². The van der Waals surface area contributed by atoms with Crippen molar-refractivity contribution in [1.82, 2.24) is 10.2 Å². The summed E-state index contributed by atoms with van der Waals surface area (Å²) in [5, 5.41) is 3.49. The molecule has 1 aromatic rings. The molecule has 1 spiro atoms. The maximum Gasteiger partial charge on any atom is 0.244 e. The molecule has 2 aliphatic carbocycles. The first-order chi connectivity index (χ1) is 10.1. The van der Waals surface area contributed by atoms with E-state index >= 15 is 0 Å². The lowest BCUT2D eigenvalue weighted by Gasteiger charge is -2.30. The van der Waals surface area contributed by atoms with Crippen molar-refractivity contribution in [3.05, 3.63) is 35.6 Å². The molecule has 1 heterocycles. The minimum absolute atomic E-state index is 0.161. The molecule has 1 N–H and O–H groups in total. The topological polar surface area (TPSA) is 32.3 Å². The molecule has 0 bridgehead atoms. The highest BCUT2D eigenvalue weighted by molar-refractivity contribution is 5.92. The van der Waals surface area contributed by atoms with Crippen molar-refractivity contribution in [3.63, 3.8) is 0 Å². The third-order valence-electron chi connectivity index (χ3n) is 5.31. The van der Waals surface area contributed by atoms with Crippen LogP contribution < -0.4 is 5.32 Å². The monoisotopic (exact) mass is 288 g/mol. The molecule has 1 saturated heterocycles. The third kappa shape index (κ3) is 2.08. The smallest absolute Gasteiger partial charge is 0.244 e. The zero-order valence-electron chi connectivity index (χ0n) is 12.3. The Labute approximate surface area is 124 Å². The van der Waals surface area contributed by atoms with E-state index in [0.29, 0.717) is 12.0 Å². The van der Waals surface area contributed by atoms with Gasteiger partial charge in [-0.05, 0) is 55.7 Å². The number of halogens is 1. The molecule has 3 fully saturated rings. The first kappa shape index (κ1) is 13.3. The molecule has 21 heavy (non-hydrogen) atoms. The number of hydrogen-bond donors (Lipinski definition) is 1. The largest absolute Gasteiger partial charge is 0.318 e. The third-order valence-corrected chi connectivity index (χ3v) is 5.31. The molecule has 0 aromatic heterocycles. The Morgan fingerprint density at radius 3 is 2.76 bits per heavy atom. The maximum atomic E-state index is 13.6. The van der Waals surface area contributed by atoms with Crippen molar-refractivity contribution in [1.29, 1.82) is 0 Å². The summed E-state index contributed by atoms with van der Waals surface area (Å²) in [6, 6.07) is 6.95. The number of hydrogen-bond acceptors (Lipinski definition) is 2. The number of benzene rings is 1. The van der Waals surface area contributed by atoms with Crippen LogP contribution in [0.5, 0.6) is 0 Å². The lowest BCUT2D eigenvalue weighted by atomic mass is 10.1. The maximum absolute atomic E-state index is 13.6. The molecular formula is C17H21FN2O. The van der Waals surface area contributed by atoms with Crippen LogP contribution in [-0.2, 0) is 4.79 Å². The van der Waals surface area contributed by atoms with Gasteiger partial charge in [0.05, 0.1) is 0 Å². The number of nitrogens with one attached hydrogen (secondary N) is 1. The standard InChI is InChI=1S/C17H21FN2O/c1-11-5-6-14(9-11)20-15(12-3-2-4-13(18)10-12)19-17(7-8-17)16(20)21/h2-4,10-11,14-15,19H,5-9H2,1H3. The highest BCUT2D eigenvalue weighted by Gasteiger charge is 2.60. The number of carbonyl (C=O) groups excluding carboxylic acids is 1. The molecule has 0 radical (unpaired) electrons. The van der Waals surface area contributed by atoms with E-state index in [0.717, 1.165) is 31.2 Å². The van der Waals surface area contributed by atoms with Crippen molar-refractivity contribution in [2.75, 3.05) is 0 Å². The van der Waals surface area contributed by atoms with Gasteiger partial charge in [-0.3, -0.25) is 10.1 Å². The lowest BCUT2D eigenvalue weighted by Crippen LogP contribution is -2.39. The molecule has 2 saturated carbocycles. The summed E-state index contributed by atoms with van der Waals surface area (Å²) in [7, 11) is 0. The molecule has 4 rings (SSSR count). The lowest BCUT2D eigenvalue weighted by molar-refractivity contribution is -0.133. The Hall–Kier alpha value is -1.42. The van der Waals surface area contributed by atoms with E-state index < -0.39 is 0 Å². The van der Waals surface area contributed by atoms with Gasteiger partial charge in [0.1, 0.15) is 17.5 Å². The van der Waals surface area contributed by atoms with Crippen LogP contribution in [-0.4, -0.2) is 22.4 Å². The zero-order chi connectivity index (χ0) is 14.6. The second kappa shape index (κ2) is 4.54. The minimum Gasteiger partial charge on any atom is -0.318 e. The average Bonchev–Trinajstić information content (AvgIpc) is 3.03. The fraction of sp³-hybridized carbons (Fsp3) is 0.588. The van der Waals surface area contributed by atoms with Gasteiger partial charge in [0, 0.05) is 6.04 Å². The summed E-state index contributed by atoms with van der Waals surface area (Å²) in [6.45, 7) is 2.25. The predicted octanol–water partition coefficient (Wildman–Crippen LogP) is 2.98. The molecule has 1 aliphatic heterocycles. The second-order valence-electron chi connectivity index (χ2n) is 6.97. The van der Waals surface area contributed by atoms with Crippen LogP contribution in [0.25, 0.3) is 0 Å². The van der Waals surface area contributed by atoms with Crippen LogP contribution in [0.2, 0.25) is 0 Å². The Balaban J connectivity index is 1.68. The summed E-state index contributed by atoms with van der Waals surface area (Å²) in [4.78, 5) is 14.8. The van der Waals surface area contributed by atoms with Gasteiger partial charge in [-0.15, -0.1) is 0 Å². The molecule has 112 valence electrons. The van der Waals surface area contributed by atoms with Gasteiger partial charge >= 0.3 is 0 Å². The van der Waals surface area contributed by atoms with Gasteiger partial charge in [0.25, 0.3) is 0 Å². The quantitative estimate of drug-likeness (QED) is 0.907. The van der Waals surface area contributed by atoms with Crippen LogP contribution in [0.15, 0.2) is 24.3 Å². The summed E-state index contributed by atoms with van der Waals surface area (Å²) in [5.41, 5.74) is 0.523. The molecule has 1 aromatic carbocycles. The van der Waals surface area contributed by atoms with Gasteiger partial charge in [-0.1, -0.05) is 19.1 Å². The molecule has 1 amide bonds. The number of amides is 1. The van der Waals surface area contributed by atoms with Crippen LogP contribution in [0.3, 0.4) is 0 Å². The van der Waals surface area contributed by atoms with Crippen LogP contribution >= 0.6 is 0 Å². The van der Waals surface area contributed by atoms with E-state index in [2.05, 4.69) is 12.2 Å². The average molecular weight is 288 g/mol. The van der Waals surface area contributed by atoms with Crippen LogP contribution in [0, 0.1) is 11.7 Å². The molecule has 3 aliphatic rings. The molecule has 4 heteroatoms. The number of nitrogens with zero attached hydrogens (tertiary/aromatic N) is 1. The van der Waals surface area contributed by atoms with Crippen molar-refractivity contribution in [3.8, 4) is 0 Å². The SMILES string of the molecule is CC1CCC(N2C(=O)C3(CC3)NC2c2cccc(F)c2)C1. The van der Waals surface area contributed by atoms with Gasteiger partial charge in [-0.2, -0.15) is 0 Å². The molecule has 3 nitrogen and oxygen atoms in total. The summed E-state index contributed by atoms with van der Waals surface area (Å²) in [6.07, 6.45) is 4.97. The fourth-order valence-electron chi connectivity index (χ4n) is 3.97. The van der Waals surface area contributed by atoms with E-state index in [1.54, 1.807) is 12.1 Å². The Morgan fingerprint density at radius 2 is 2.14 bits per heavy atom. The molecular weight excluding hydrogens is 267 g/mol. The van der Waals surface area contributed by atoms with Crippen LogP contribution in [0.4, 0.5) is 4.39 Å². The Bertz CT molecular complexity index is 584. The van der Waals surface area contributed by atoms with Crippen LogP contribution in [0.1, 0.15) is 50.8 Å². The van der Waals surface area contributed by atoms with E-state index in [-0.39, 0.29) is 23.4 Å². The van der Waals surface area contributed by atoms with Crippen molar-refractivity contribution in [2.45, 2.75) is 56.8 Å². The highest BCUT2D eigenvalue weighted by atomic mass is 19.1. The summed E-state index contributed by atoms with van der Waals surface area (Å²) < 4.78 is 13.6. The van der Waals surface area contributed by atoms with Gasteiger partial charge in [-0.25, -0.2) is 4.39 Å². The summed E-state index contributed by atoms with van der Waals surface area (Å²) >= 11 is 0. The number of rotatable bonds is 2. The van der Waals surface area contributed by atoms with Gasteiger partial charge in [0.2, 0.25) is 5.91 Å². The van der Waals surface area contributed by atoms with Gasteiger partial charge < -0.3 is 4.90 Å². The van der Waals surface area contributed by atoms with E-state index in [9.17, 15) is 9.18 Å². The number of carbonyl (C=O) groups is 1. The molecule has 3 unspecified atom stereocenters. The Kier molecular flexibility index (Phi) is 2.86. The zero-order valence-corrected chi connectivity index (χ0v) is 12.3. The van der Waals surface area contributed by atoms with Gasteiger partial charge in [0.15, 0.2) is 0 Å². The second-order valence-corrected chi connectivity index (χ2v) is 6.97. The van der Waals surface area contributed by atoms with E-state index in [1.165, 1.54) is 12.5 Å². The minimum atomic E-state index is -0.344. The van der Waals surface area contributed by atoms with E-state index in [1.807, 2.05) is 11.0 Å². The fourth-order valence-corrected chi connectivity index (χ4v) is 3.97. The first-order valence-electron chi connectivity index (χ1n) is 7.95. The normalized spacial score (nSPS) is 33.9. The Morgan fingerprint density at radius 1 is 1.33 bits per heavy atom. The predicted molar refractivity (Wildman–Crippen MR) is 77.9 cm³/mol. The summed E-state index contributed by atoms with van der Waals surface area (Å²) in [5.74, 6) is 0.667.